The fourth-order valence-corrected chi connectivity index (χ4v) is 4.43. The SMILES string of the molecule is CC(=O)NCCc1ccn2c(NC(=O)c3ccc(C(F)(F)F)c(-c4ccn(C)n4)c3)c(-c3ccccc3)nc2c1. The van der Waals surface area contributed by atoms with Gasteiger partial charge in [-0.05, 0) is 48.4 Å². The molecule has 5 rings (SSSR count). The lowest BCUT2D eigenvalue weighted by atomic mass is 10.0. The van der Waals surface area contributed by atoms with E-state index in [2.05, 4.69) is 15.7 Å². The average molecular weight is 547 g/mol. The minimum atomic E-state index is -4.62. The van der Waals surface area contributed by atoms with E-state index < -0.39 is 17.6 Å². The Kier molecular flexibility index (Phi) is 7.12. The first-order chi connectivity index (χ1) is 19.1. The normalized spacial score (nSPS) is 11.5. The van der Waals surface area contributed by atoms with Gasteiger partial charge in [-0.1, -0.05) is 30.3 Å². The van der Waals surface area contributed by atoms with Crippen molar-refractivity contribution in [1.29, 1.82) is 0 Å². The van der Waals surface area contributed by atoms with E-state index in [9.17, 15) is 22.8 Å². The molecule has 2 N–H and O–H groups in total. The highest BCUT2D eigenvalue weighted by Gasteiger charge is 2.34. The number of fused-ring (bicyclic) bond motifs is 1. The fourth-order valence-electron chi connectivity index (χ4n) is 4.43. The van der Waals surface area contributed by atoms with Gasteiger partial charge in [0.1, 0.15) is 17.2 Å². The summed E-state index contributed by atoms with van der Waals surface area (Å²) in [5.41, 5.74) is 1.83. The summed E-state index contributed by atoms with van der Waals surface area (Å²) in [4.78, 5) is 29.4. The summed E-state index contributed by atoms with van der Waals surface area (Å²) in [5.74, 6) is -0.341. The number of halogens is 3. The first kappa shape index (κ1) is 26.7. The second-order valence-electron chi connectivity index (χ2n) is 9.26. The zero-order chi connectivity index (χ0) is 28.4. The summed E-state index contributed by atoms with van der Waals surface area (Å²) in [6.07, 6.45) is -0.731. The van der Waals surface area contributed by atoms with Gasteiger partial charge in [-0.2, -0.15) is 18.3 Å². The van der Waals surface area contributed by atoms with Crippen LogP contribution in [0.25, 0.3) is 28.2 Å². The summed E-state index contributed by atoms with van der Waals surface area (Å²) in [7, 11) is 1.61. The molecule has 0 fully saturated rings. The number of hydrogen-bond acceptors (Lipinski definition) is 4. The number of carbonyl (C=O) groups excluding carboxylic acids is 2. The second-order valence-corrected chi connectivity index (χ2v) is 9.26. The van der Waals surface area contributed by atoms with Crippen LogP contribution in [0.1, 0.15) is 28.4 Å². The second kappa shape index (κ2) is 10.7. The highest BCUT2D eigenvalue weighted by Crippen LogP contribution is 2.37. The van der Waals surface area contributed by atoms with Gasteiger partial charge in [0, 0.05) is 49.6 Å². The molecule has 0 aliphatic rings. The lowest BCUT2D eigenvalue weighted by molar-refractivity contribution is -0.137. The van der Waals surface area contributed by atoms with Crippen molar-refractivity contribution in [1.82, 2.24) is 24.5 Å². The maximum absolute atomic E-state index is 13.8. The standard InChI is InChI=1S/C29H25F3N6O2/c1-18(39)33-13-10-19-11-15-38-25(16-19)34-26(20-6-4-3-5-7-20)27(38)35-28(40)21-8-9-23(29(30,31)32)22(17-21)24-12-14-37(2)36-24/h3-9,11-12,14-17H,10,13H2,1-2H3,(H,33,39)(H,35,40). The summed E-state index contributed by atoms with van der Waals surface area (Å²) in [6.45, 7) is 1.92. The number of rotatable bonds is 7. The van der Waals surface area contributed by atoms with Gasteiger partial charge in [0.15, 0.2) is 0 Å². The number of benzene rings is 2. The Bertz CT molecular complexity index is 1710. The highest BCUT2D eigenvalue weighted by atomic mass is 19.4. The predicted molar refractivity (Wildman–Crippen MR) is 145 cm³/mol. The van der Waals surface area contributed by atoms with Gasteiger partial charge in [-0.15, -0.1) is 0 Å². The van der Waals surface area contributed by atoms with Crippen molar-refractivity contribution in [2.75, 3.05) is 11.9 Å². The molecule has 204 valence electrons. The van der Waals surface area contributed by atoms with Crippen molar-refractivity contribution in [3.63, 3.8) is 0 Å². The van der Waals surface area contributed by atoms with E-state index in [0.717, 1.165) is 23.3 Å². The monoisotopic (exact) mass is 546 g/mol. The van der Waals surface area contributed by atoms with Crippen LogP contribution < -0.4 is 10.6 Å². The summed E-state index contributed by atoms with van der Waals surface area (Å²) < 4.78 is 44.4. The fraction of sp³-hybridized carbons (Fsp3) is 0.172. The van der Waals surface area contributed by atoms with E-state index in [1.54, 1.807) is 17.6 Å². The Morgan fingerprint density at radius 3 is 2.42 bits per heavy atom. The zero-order valence-corrected chi connectivity index (χ0v) is 21.7. The lowest BCUT2D eigenvalue weighted by Crippen LogP contribution is -2.22. The molecule has 0 atom stereocenters. The minimum absolute atomic E-state index is 0.0366. The minimum Gasteiger partial charge on any atom is -0.356 e. The molecule has 0 saturated carbocycles. The molecule has 0 unspecified atom stereocenters. The van der Waals surface area contributed by atoms with E-state index in [-0.39, 0.29) is 22.7 Å². The highest BCUT2D eigenvalue weighted by molar-refractivity contribution is 6.06. The van der Waals surface area contributed by atoms with Crippen molar-refractivity contribution in [2.24, 2.45) is 7.05 Å². The number of alkyl halides is 3. The number of amides is 2. The Hall–Kier alpha value is -4.93. The molecule has 0 aliphatic carbocycles. The van der Waals surface area contributed by atoms with Crippen molar-refractivity contribution in [3.8, 4) is 22.5 Å². The van der Waals surface area contributed by atoms with E-state index in [1.807, 2.05) is 42.5 Å². The van der Waals surface area contributed by atoms with Gasteiger partial charge < -0.3 is 10.6 Å². The smallest absolute Gasteiger partial charge is 0.356 e. The number of anilines is 1. The van der Waals surface area contributed by atoms with Gasteiger partial charge in [0.25, 0.3) is 5.91 Å². The van der Waals surface area contributed by atoms with E-state index in [0.29, 0.717) is 30.1 Å². The molecule has 2 amide bonds. The number of hydrogen-bond donors (Lipinski definition) is 2. The van der Waals surface area contributed by atoms with Crippen LogP contribution in [0.2, 0.25) is 0 Å². The van der Waals surface area contributed by atoms with Gasteiger partial charge >= 0.3 is 6.18 Å². The molecule has 40 heavy (non-hydrogen) atoms. The first-order valence-electron chi connectivity index (χ1n) is 12.4. The molecule has 5 aromatic rings. The van der Waals surface area contributed by atoms with Crippen LogP contribution in [-0.2, 0) is 24.4 Å². The Balaban J connectivity index is 1.54. The maximum atomic E-state index is 13.8. The van der Waals surface area contributed by atoms with Crippen LogP contribution in [0.15, 0.2) is 79.1 Å². The third kappa shape index (κ3) is 5.58. The van der Waals surface area contributed by atoms with E-state index in [4.69, 9.17) is 4.98 Å². The van der Waals surface area contributed by atoms with Crippen LogP contribution in [0.4, 0.5) is 19.0 Å². The molecule has 11 heteroatoms. The molecule has 3 aromatic heterocycles. The number of imidazole rings is 1. The van der Waals surface area contributed by atoms with Crippen LogP contribution >= 0.6 is 0 Å². The van der Waals surface area contributed by atoms with Crippen LogP contribution in [0.3, 0.4) is 0 Å². The molecule has 3 heterocycles. The van der Waals surface area contributed by atoms with Crippen molar-refractivity contribution < 1.29 is 22.8 Å². The van der Waals surface area contributed by atoms with Crippen LogP contribution in [0.5, 0.6) is 0 Å². The molecule has 0 radical (unpaired) electrons. The van der Waals surface area contributed by atoms with Crippen LogP contribution in [-0.4, -0.2) is 37.5 Å². The summed E-state index contributed by atoms with van der Waals surface area (Å²) in [5, 5.41) is 9.74. The summed E-state index contributed by atoms with van der Waals surface area (Å²) in [6, 6.07) is 17.7. The predicted octanol–water partition coefficient (Wildman–Crippen LogP) is 5.35. The molecule has 0 spiro atoms. The van der Waals surface area contributed by atoms with E-state index >= 15 is 0 Å². The first-order valence-corrected chi connectivity index (χ1v) is 12.4. The lowest BCUT2D eigenvalue weighted by Gasteiger charge is -2.14. The number of nitrogens with one attached hydrogen (secondary N) is 2. The van der Waals surface area contributed by atoms with E-state index in [1.165, 1.54) is 29.9 Å². The van der Waals surface area contributed by atoms with Crippen molar-refractivity contribution in [2.45, 2.75) is 19.5 Å². The average Bonchev–Trinajstić information content (AvgIpc) is 3.51. The third-order valence-corrected chi connectivity index (χ3v) is 6.33. The molecule has 2 aromatic carbocycles. The topological polar surface area (TPSA) is 93.3 Å². The number of aryl methyl sites for hydroxylation is 1. The quantitative estimate of drug-likeness (QED) is 0.288. The van der Waals surface area contributed by atoms with Gasteiger partial charge in [-0.3, -0.25) is 18.7 Å². The Morgan fingerprint density at radius 2 is 1.75 bits per heavy atom. The largest absolute Gasteiger partial charge is 0.417 e. The molecular weight excluding hydrogens is 521 g/mol. The van der Waals surface area contributed by atoms with Gasteiger partial charge in [0.05, 0.1) is 11.3 Å². The maximum Gasteiger partial charge on any atom is 0.417 e. The van der Waals surface area contributed by atoms with Crippen molar-refractivity contribution >= 4 is 23.3 Å². The van der Waals surface area contributed by atoms with Gasteiger partial charge in [0.2, 0.25) is 5.91 Å². The Labute approximate surface area is 227 Å². The molecule has 0 bridgehead atoms. The molecule has 0 saturated heterocycles. The van der Waals surface area contributed by atoms with Crippen molar-refractivity contribution in [3.05, 3.63) is 95.8 Å². The molecule has 8 nitrogen and oxygen atoms in total. The Morgan fingerprint density at radius 1 is 0.975 bits per heavy atom. The third-order valence-electron chi connectivity index (χ3n) is 6.33. The molecular formula is C29H25F3N6O2. The zero-order valence-electron chi connectivity index (χ0n) is 21.7. The number of carbonyl (C=O) groups is 2. The van der Waals surface area contributed by atoms with Gasteiger partial charge in [-0.25, -0.2) is 4.98 Å². The summed E-state index contributed by atoms with van der Waals surface area (Å²) >= 11 is 0. The number of pyridine rings is 1. The number of nitrogens with zero attached hydrogens (tertiary/aromatic N) is 4. The molecule has 0 aliphatic heterocycles. The van der Waals surface area contributed by atoms with Crippen LogP contribution in [0, 0.1) is 0 Å². The number of aromatic nitrogens is 4.